The highest BCUT2D eigenvalue weighted by atomic mass is 16.5. The van der Waals surface area contributed by atoms with Crippen molar-refractivity contribution in [1.82, 2.24) is 0 Å². The standard InChI is InChI=1S/C13H18O/c1-2-11-9-6-10-14-13(11)12-7-4-3-5-8-12/h3-5,7-8,11,13H,2,6,9-10H2,1H3. The molecular weight excluding hydrogens is 172 g/mol. The van der Waals surface area contributed by atoms with Crippen LogP contribution in [0.25, 0.3) is 0 Å². The highest BCUT2D eigenvalue weighted by Gasteiger charge is 2.25. The van der Waals surface area contributed by atoms with Crippen molar-refractivity contribution in [3.63, 3.8) is 0 Å². The van der Waals surface area contributed by atoms with Crippen LogP contribution in [0.15, 0.2) is 30.3 Å². The molecule has 1 aromatic rings. The van der Waals surface area contributed by atoms with E-state index in [-0.39, 0.29) is 0 Å². The lowest BCUT2D eigenvalue weighted by Gasteiger charge is -2.31. The second-order valence-corrected chi connectivity index (χ2v) is 4.01. The number of rotatable bonds is 2. The van der Waals surface area contributed by atoms with E-state index in [9.17, 15) is 0 Å². The molecule has 1 heterocycles. The molecule has 1 aliphatic heterocycles. The van der Waals surface area contributed by atoms with E-state index < -0.39 is 0 Å². The SMILES string of the molecule is CCC1CCCOC1c1ccccc1. The fraction of sp³-hybridized carbons (Fsp3) is 0.538. The largest absolute Gasteiger partial charge is 0.373 e. The molecule has 0 aromatic heterocycles. The van der Waals surface area contributed by atoms with E-state index in [0.717, 1.165) is 6.61 Å². The summed E-state index contributed by atoms with van der Waals surface area (Å²) in [6.07, 6.45) is 4.10. The van der Waals surface area contributed by atoms with Crippen LogP contribution in [-0.2, 0) is 4.74 Å². The van der Waals surface area contributed by atoms with Crippen LogP contribution in [0.1, 0.15) is 37.9 Å². The second-order valence-electron chi connectivity index (χ2n) is 4.01. The van der Waals surface area contributed by atoms with Gasteiger partial charge in [-0.05, 0) is 24.3 Å². The summed E-state index contributed by atoms with van der Waals surface area (Å²) >= 11 is 0. The molecule has 1 nitrogen and oxygen atoms in total. The van der Waals surface area contributed by atoms with Crippen LogP contribution in [0.3, 0.4) is 0 Å². The summed E-state index contributed by atoms with van der Waals surface area (Å²) in [5, 5.41) is 0. The Hall–Kier alpha value is -0.820. The van der Waals surface area contributed by atoms with Gasteiger partial charge in [0.2, 0.25) is 0 Å². The zero-order valence-electron chi connectivity index (χ0n) is 8.78. The predicted molar refractivity (Wildman–Crippen MR) is 58.2 cm³/mol. The fourth-order valence-electron chi connectivity index (χ4n) is 2.27. The van der Waals surface area contributed by atoms with Gasteiger partial charge >= 0.3 is 0 Å². The Bertz CT molecular complexity index is 268. The number of hydrogen-bond donors (Lipinski definition) is 0. The molecule has 0 saturated carbocycles. The van der Waals surface area contributed by atoms with Crippen LogP contribution in [0.2, 0.25) is 0 Å². The average molecular weight is 190 g/mol. The maximum Gasteiger partial charge on any atom is 0.0852 e. The molecule has 1 heteroatoms. The minimum absolute atomic E-state index is 0.343. The quantitative estimate of drug-likeness (QED) is 0.692. The number of benzene rings is 1. The fourth-order valence-corrected chi connectivity index (χ4v) is 2.27. The van der Waals surface area contributed by atoms with Crippen molar-refractivity contribution in [2.75, 3.05) is 6.61 Å². The van der Waals surface area contributed by atoms with Gasteiger partial charge in [0.25, 0.3) is 0 Å². The van der Waals surface area contributed by atoms with Gasteiger partial charge < -0.3 is 4.74 Å². The van der Waals surface area contributed by atoms with Crippen LogP contribution >= 0.6 is 0 Å². The molecule has 76 valence electrons. The van der Waals surface area contributed by atoms with Gasteiger partial charge in [-0.25, -0.2) is 0 Å². The van der Waals surface area contributed by atoms with Crippen molar-refractivity contribution >= 4 is 0 Å². The lowest BCUT2D eigenvalue weighted by atomic mass is 9.88. The van der Waals surface area contributed by atoms with Crippen LogP contribution in [-0.4, -0.2) is 6.61 Å². The highest BCUT2D eigenvalue weighted by molar-refractivity contribution is 5.18. The molecule has 1 aromatic carbocycles. The first-order chi connectivity index (χ1) is 6.92. The van der Waals surface area contributed by atoms with Crippen molar-refractivity contribution < 1.29 is 4.74 Å². The molecule has 0 bridgehead atoms. The summed E-state index contributed by atoms with van der Waals surface area (Å²) in [6, 6.07) is 10.6. The summed E-state index contributed by atoms with van der Waals surface area (Å²) in [5.41, 5.74) is 1.35. The van der Waals surface area contributed by atoms with Crippen LogP contribution < -0.4 is 0 Å². The Labute approximate surface area is 86.1 Å². The van der Waals surface area contributed by atoms with Crippen molar-refractivity contribution in [1.29, 1.82) is 0 Å². The van der Waals surface area contributed by atoms with Crippen molar-refractivity contribution in [3.05, 3.63) is 35.9 Å². The maximum absolute atomic E-state index is 5.87. The molecule has 2 unspecified atom stereocenters. The van der Waals surface area contributed by atoms with Gasteiger partial charge in [0.1, 0.15) is 0 Å². The molecule has 0 radical (unpaired) electrons. The third-order valence-electron chi connectivity index (χ3n) is 3.10. The van der Waals surface area contributed by atoms with E-state index in [0.29, 0.717) is 12.0 Å². The first-order valence-corrected chi connectivity index (χ1v) is 5.58. The normalized spacial score (nSPS) is 27.5. The van der Waals surface area contributed by atoms with Crippen LogP contribution in [0, 0.1) is 5.92 Å². The van der Waals surface area contributed by atoms with E-state index >= 15 is 0 Å². The minimum atomic E-state index is 0.343. The van der Waals surface area contributed by atoms with Crippen LogP contribution in [0.4, 0.5) is 0 Å². The Morgan fingerprint density at radius 1 is 1.29 bits per heavy atom. The minimum Gasteiger partial charge on any atom is -0.373 e. The van der Waals surface area contributed by atoms with E-state index in [1.54, 1.807) is 0 Å². The molecule has 0 amide bonds. The molecule has 1 fully saturated rings. The summed E-state index contributed by atoms with van der Waals surface area (Å²) in [4.78, 5) is 0. The lowest BCUT2D eigenvalue weighted by Crippen LogP contribution is -2.21. The van der Waals surface area contributed by atoms with Crippen molar-refractivity contribution in [2.24, 2.45) is 5.92 Å². The number of hydrogen-bond acceptors (Lipinski definition) is 1. The van der Waals surface area contributed by atoms with E-state index in [1.807, 2.05) is 0 Å². The summed E-state index contributed by atoms with van der Waals surface area (Å²) in [6.45, 7) is 3.19. The Balaban J connectivity index is 2.15. The molecule has 2 atom stereocenters. The summed E-state index contributed by atoms with van der Waals surface area (Å²) in [5.74, 6) is 0.714. The Morgan fingerprint density at radius 2 is 2.07 bits per heavy atom. The van der Waals surface area contributed by atoms with Crippen LogP contribution in [0.5, 0.6) is 0 Å². The monoisotopic (exact) mass is 190 g/mol. The average Bonchev–Trinajstić information content (AvgIpc) is 2.30. The van der Waals surface area contributed by atoms with Gasteiger partial charge in [-0.2, -0.15) is 0 Å². The van der Waals surface area contributed by atoms with Gasteiger partial charge in [-0.3, -0.25) is 0 Å². The molecule has 0 spiro atoms. The zero-order valence-corrected chi connectivity index (χ0v) is 8.78. The summed E-state index contributed by atoms with van der Waals surface area (Å²) in [7, 11) is 0. The first kappa shape index (κ1) is 9.72. The van der Waals surface area contributed by atoms with Gasteiger partial charge in [0.15, 0.2) is 0 Å². The van der Waals surface area contributed by atoms with Crippen molar-refractivity contribution in [2.45, 2.75) is 32.3 Å². The topological polar surface area (TPSA) is 9.23 Å². The molecule has 14 heavy (non-hydrogen) atoms. The molecule has 0 aliphatic carbocycles. The Morgan fingerprint density at radius 3 is 2.79 bits per heavy atom. The molecular formula is C13H18O. The molecule has 1 aliphatic rings. The lowest BCUT2D eigenvalue weighted by molar-refractivity contribution is -0.0294. The predicted octanol–water partition coefficient (Wildman–Crippen LogP) is 3.56. The smallest absolute Gasteiger partial charge is 0.0852 e. The second kappa shape index (κ2) is 4.61. The zero-order chi connectivity index (χ0) is 9.80. The first-order valence-electron chi connectivity index (χ1n) is 5.58. The number of ether oxygens (including phenoxy) is 1. The molecule has 1 saturated heterocycles. The molecule has 0 N–H and O–H groups in total. The van der Waals surface area contributed by atoms with E-state index in [1.165, 1.54) is 24.8 Å². The van der Waals surface area contributed by atoms with Gasteiger partial charge in [-0.15, -0.1) is 0 Å². The third kappa shape index (κ3) is 1.98. The Kier molecular flexibility index (Phi) is 3.20. The highest BCUT2D eigenvalue weighted by Crippen LogP contribution is 2.35. The van der Waals surface area contributed by atoms with Crippen molar-refractivity contribution in [3.8, 4) is 0 Å². The van der Waals surface area contributed by atoms with E-state index in [4.69, 9.17) is 4.74 Å². The third-order valence-corrected chi connectivity index (χ3v) is 3.10. The maximum atomic E-state index is 5.87. The van der Waals surface area contributed by atoms with Gasteiger partial charge in [0.05, 0.1) is 6.10 Å². The van der Waals surface area contributed by atoms with Gasteiger partial charge in [-0.1, -0.05) is 43.7 Å². The molecule has 2 rings (SSSR count). The summed E-state index contributed by atoms with van der Waals surface area (Å²) < 4.78 is 5.87. The van der Waals surface area contributed by atoms with E-state index in [2.05, 4.69) is 37.3 Å². The van der Waals surface area contributed by atoms with Gasteiger partial charge in [0, 0.05) is 6.61 Å².